The molecule has 4 rings (SSSR count). The predicted molar refractivity (Wildman–Crippen MR) is 128 cm³/mol. The highest BCUT2D eigenvalue weighted by Crippen LogP contribution is 2.33. The van der Waals surface area contributed by atoms with Gasteiger partial charge in [0.1, 0.15) is 5.75 Å². The van der Waals surface area contributed by atoms with Crippen LogP contribution in [0.5, 0.6) is 5.75 Å². The number of hydrogen-bond donors (Lipinski definition) is 1. The molecule has 2 aromatic carbocycles. The topological polar surface area (TPSA) is 54.0 Å². The summed E-state index contributed by atoms with van der Waals surface area (Å²) in [4.78, 5) is 17.9. The highest BCUT2D eigenvalue weighted by Gasteiger charge is 2.30. The molecule has 2 aliphatic rings. The lowest BCUT2D eigenvalue weighted by Gasteiger charge is -2.35. The number of carbonyl (C=O) groups excluding carboxylic acids is 1. The van der Waals surface area contributed by atoms with Crippen LogP contribution in [0.15, 0.2) is 48.5 Å². The van der Waals surface area contributed by atoms with Gasteiger partial charge in [-0.1, -0.05) is 25.0 Å². The third-order valence-corrected chi connectivity index (χ3v) is 6.68. The van der Waals surface area contributed by atoms with Crippen molar-refractivity contribution in [2.24, 2.45) is 0 Å². The fourth-order valence-electron chi connectivity index (χ4n) is 4.75. The van der Waals surface area contributed by atoms with Gasteiger partial charge in [-0.05, 0) is 68.3 Å². The number of nitrogens with one attached hydrogen (secondary N) is 1. The zero-order valence-corrected chi connectivity index (χ0v) is 19.3. The van der Waals surface area contributed by atoms with E-state index in [1.165, 1.54) is 24.1 Å². The molecule has 172 valence electrons. The minimum atomic E-state index is -0.209. The molecule has 1 N–H and O–H groups in total. The Morgan fingerprint density at radius 3 is 2.41 bits per heavy atom. The molecule has 2 aromatic rings. The van der Waals surface area contributed by atoms with E-state index in [1.54, 1.807) is 7.11 Å². The van der Waals surface area contributed by atoms with E-state index in [0.717, 1.165) is 57.1 Å². The van der Waals surface area contributed by atoms with Gasteiger partial charge in [0.2, 0.25) is 5.91 Å². The number of ether oxygens (including phenoxy) is 2. The Bertz CT molecular complexity index is 863. The van der Waals surface area contributed by atoms with Crippen LogP contribution in [-0.4, -0.2) is 56.8 Å². The fraction of sp³-hybridized carbons (Fsp3) is 0.500. The molecule has 0 bridgehead atoms. The Morgan fingerprint density at radius 2 is 1.72 bits per heavy atom. The molecule has 2 saturated heterocycles. The smallest absolute Gasteiger partial charge is 0.241 e. The quantitative estimate of drug-likeness (QED) is 0.722. The third-order valence-electron chi connectivity index (χ3n) is 6.68. The highest BCUT2D eigenvalue weighted by molar-refractivity contribution is 5.94. The summed E-state index contributed by atoms with van der Waals surface area (Å²) in [5, 5.41) is 3.14. The maximum Gasteiger partial charge on any atom is 0.241 e. The lowest BCUT2D eigenvalue weighted by Crippen LogP contribution is -2.44. The zero-order chi connectivity index (χ0) is 22.3. The summed E-state index contributed by atoms with van der Waals surface area (Å²) in [6.45, 7) is 6.30. The Kier molecular flexibility index (Phi) is 7.66. The minimum Gasteiger partial charge on any atom is -0.497 e. The monoisotopic (exact) mass is 437 g/mol. The minimum absolute atomic E-state index is 0.0459. The van der Waals surface area contributed by atoms with Crippen molar-refractivity contribution in [2.75, 3.05) is 50.2 Å². The molecular weight excluding hydrogens is 402 g/mol. The second-order valence-electron chi connectivity index (χ2n) is 8.69. The largest absolute Gasteiger partial charge is 0.497 e. The van der Waals surface area contributed by atoms with Crippen LogP contribution in [0, 0.1) is 0 Å². The van der Waals surface area contributed by atoms with Crippen LogP contribution in [0.1, 0.15) is 44.2 Å². The lowest BCUT2D eigenvalue weighted by molar-refractivity contribution is -0.121. The van der Waals surface area contributed by atoms with Gasteiger partial charge in [-0.2, -0.15) is 0 Å². The first kappa shape index (κ1) is 22.6. The SMILES string of the molecule is COc1ccc(C2CCCCCN2C(C)C(=O)Nc2ccc(N3CCOCC3)cc2)cc1. The van der Waals surface area contributed by atoms with Crippen LogP contribution in [0.3, 0.4) is 0 Å². The number of amides is 1. The van der Waals surface area contributed by atoms with Gasteiger partial charge in [-0.15, -0.1) is 0 Å². The molecule has 0 spiro atoms. The maximum atomic E-state index is 13.2. The predicted octanol–water partition coefficient (Wildman–Crippen LogP) is 4.48. The summed E-state index contributed by atoms with van der Waals surface area (Å²) < 4.78 is 10.8. The van der Waals surface area contributed by atoms with E-state index in [4.69, 9.17) is 9.47 Å². The van der Waals surface area contributed by atoms with Crippen LogP contribution >= 0.6 is 0 Å². The van der Waals surface area contributed by atoms with Crippen molar-refractivity contribution in [2.45, 2.75) is 44.7 Å². The van der Waals surface area contributed by atoms with Gasteiger partial charge in [0.05, 0.1) is 26.4 Å². The standard InChI is InChI=1S/C26H35N3O3/c1-20(26(30)27-22-9-11-23(12-10-22)28-16-18-32-19-17-28)29-15-5-3-4-6-25(29)21-7-13-24(31-2)14-8-21/h7-14,20,25H,3-6,15-19H2,1-2H3,(H,27,30). The highest BCUT2D eigenvalue weighted by atomic mass is 16.5. The second kappa shape index (κ2) is 10.8. The molecule has 2 unspecified atom stereocenters. The number of nitrogens with zero attached hydrogens (tertiary/aromatic N) is 2. The first-order chi connectivity index (χ1) is 15.7. The molecule has 2 heterocycles. The van der Waals surface area contributed by atoms with Gasteiger partial charge in [0, 0.05) is 30.5 Å². The number of anilines is 2. The van der Waals surface area contributed by atoms with Crippen LogP contribution in [0.4, 0.5) is 11.4 Å². The molecule has 2 fully saturated rings. The van der Waals surface area contributed by atoms with Crippen molar-refractivity contribution >= 4 is 17.3 Å². The van der Waals surface area contributed by atoms with Crippen molar-refractivity contribution in [1.29, 1.82) is 0 Å². The molecular formula is C26H35N3O3. The van der Waals surface area contributed by atoms with Crippen molar-refractivity contribution in [3.63, 3.8) is 0 Å². The first-order valence-electron chi connectivity index (χ1n) is 11.8. The fourth-order valence-corrected chi connectivity index (χ4v) is 4.75. The summed E-state index contributed by atoms with van der Waals surface area (Å²) in [6.07, 6.45) is 4.59. The van der Waals surface area contributed by atoms with E-state index in [1.807, 2.05) is 31.2 Å². The average Bonchev–Trinajstić information content (AvgIpc) is 3.11. The van der Waals surface area contributed by atoms with E-state index in [-0.39, 0.29) is 18.0 Å². The molecule has 0 radical (unpaired) electrons. The van der Waals surface area contributed by atoms with Crippen molar-refractivity contribution in [3.05, 3.63) is 54.1 Å². The zero-order valence-electron chi connectivity index (χ0n) is 19.3. The summed E-state index contributed by atoms with van der Waals surface area (Å²) in [5.74, 6) is 0.907. The van der Waals surface area contributed by atoms with Crippen molar-refractivity contribution < 1.29 is 14.3 Å². The number of hydrogen-bond acceptors (Lipinski definition) is 5. The Morgan fingerprint density at radius 1 is 1.00 bits per heavy atom. The van der Waals surface area contributed by atoms with Gasteiger partial charge in [0.15, 0.2) is 0 Å². The van der Waals surface area contributed by atoms with Gasteiger partial charge >= 0.3 is 0 Å². The summed E-state index contributed by atoms with van der Waals surface area (Å²) in [6, 6.07) is 16.5. The Labute approximate surface area is 191 Å². The van der Waals surface area contributed by atoms with Crippen molar-refractivity contribution in [3.8, 4) is 5.75 Å². The first-order valence-corrected chi connectivity index (χ1v) is 11.8. The third kappa shape index (κ3) is 5.43. The van der Waals surface area contributed by atoms with Crippen molar-refractivity contribution in [1.82, 2.24) is 4.90 Å². The van der Waals surface area contributed by atoms with Crippen LogP contribution in [0.25, 0.3) is 0 Å². The van der Waals surface area contributed by atoms with E-state index < -0.39 is 0 Å². The van der Waals surface area contributed by atoms with Gasteiger partial charge in [-0.3, -0.25) is 9.69 Å². The molecule has 0 saturated carbocycles. The molecule has 6 nitrogen and oxygen atoms in total. The van der Waals surface area contributed by atoms with Gasteiger partial charge < -0.3 is 19.7 Å². The summed E-state index contributed by atoms with van der Waals surface area (Å²) in [7, 11) is 1.69. The molecule has 32 heavy (non-hydrogen) atoms. The van der Waals surface area contributed by atoms with Gasteiger partial charge in [0.25, 0.3) is 0 Å². The van der Waals surface area contributed by atoms with E-state index in [9.17, 15) is 4.79 Å². The van der Waals surface area contributed by atoms with E-state index in [0.29, 0.717) is 0 Å². The number of likely N-dealkylation sites (tertiary alicyclic amines) is 1. The molecule has 0 aliphatic carbocycles. The maximum absolute atomic E-state index is 13.2. The van der Waals surface area contributed by atoms with Gasteiger partial charge in [-0.25, -0.2) is 0 Å². The van der Waals surface area contributed by atoms with E-state index >= 15 is 0 Å². The average molecular weight is 438 g/mol. The lowest BCUT2D eigenvalue weighted by atomic mass is 9.99. The molecule has 6 heteroatoms. The van der Waals surface area contributed by atoms with Crippen LogP contribution in [-0.2, 0) is 9.53 Å². The summed E-state index contributed by atoms with van der Waals surface area (Å²) >= 11 is 0. The number of morpholine rings is 1. The number of carbonyl (C=O) groups is 1. The van der Waals surface area contributed by atoms with Crippen LogP contribution < -0.4 is 15.0 Å². The Hall–Kier alpha value is -2.57. The molecule has 2 aliphatic heterocycles. The summed E-state index contributed by atoms with van der Waals surface area (Å²) in [5.41, 5.74) is 3.27. The number of rotatable bonds is 6. The number of methoxy groups -OCH3 is 1. The molecule has 2 atom stereocenters. The van der Waals surface area contributed by atoms with Crippen LogP contribution in [0.2, 0.25) is 0 Å². The Balaban J connectivity index is 1.43. The number of benzene rings is 2. The second-order valence-corrected chi connectivity index (χ2v) is 8.69. The normalized spacial score (nSPS) is 20.9. The molecule has 1 amide bonds. The van der Waals surface area contributed by atoms with E-state index in [2.05, 4.69) is 39.4 Å². The molecule has 0 aromatic heterocycles.